The fraction of sp³-hybridized carbons (Fsp3) is 0.321. The van der Waals surface area contributed by atoms with Gasteiger partial charge in [-0.1, -0.05) is 79.9 Å². The molecule has 1 heterocycles. The fourth-order valence-corrected chi connectivity index (χ4v) is 8.14. The van der Waals surface area contributed by atoms with Gasteiger partial charge in [0.2, 0.25) is 0 Å². The molecule has 0 atom stereocenters. The van der Waals surface area contributed by atoms with Crippen LogP contribution in [0, 0.1) is 11.8 Å². The number of nitrogens with zero attached hydrogens (tertiary/aromatic N) is 2. The average Bonchev–Trinajstić information content (AvgIpc) is 3.34. The van der Waals surface area contributed by atoms with Crippen molar-refractivity contribution in [1.82, 2.24) is 9.97 Å². The summed E-state index contributed by atoms with van der Waals surface area (Å²) in [6, 6.07) is 27.0. The van der Waals surface area contributed by atoms with Gasteiger partial charge in [-0.2, -0.15) is 0 Å². The van der Waals surface area contributed by atoms with E-state index >= 15 is 0 Å². The van der Waals surface area contributed by atoms with Gasteiger partial charge in [-0.3, -0.25) is 24.0 Å². The van der Waals surface area contributed by atoms with Gasteiger partial charge in [0.1, 0.15) is 29.0 Å². The molecule has 13 heteroatoms. The van der Waals surface area contributed by atoms with Crippen molar-refractivity contribution in [2.45, 2.75) is 95.7 Å². The Hall–Kier alpha value is -7.28. The summed E-state index contributed by atoms with van der Waals surface area (Å²) in [4.78, 5) is 85.2. The molecule has 0 amide bonds. The summed E-state index contributed by atoms with van der Waals surface area (Å²) in [5.41, 5.74) is 4.62. The zero-order chi connectivity index (χ0) is 46.4. The molecule has 2 saturated carbocycles. The topological polar surface area (TPSA) is 174 Å². The number of benzene rings is 4. The molecule has 1 aromatic heterocycles. The van der Waals surface area contributed by atoms with Crippen LogP contribution in [0.3, 0.4) is 0 Å². The minimum absolute atomic E-state index is 0.0508. The summed E-state index contributed by atoms with van der Waals surface area (Å²) < 4.78 is 28.6. The van der Waals surface area contributed by atoms with Crippen LogP contribution in [-0.4, -0.2) is 57.8 Å². The highest BCUT2D eigenvalue weighted by Crippen LogP contribution is 2.36. The summed E-state index contributed by atoms with van der Waals surface area (Å²) in [5, 5.41) is 0. The first-order valence-corrected chi connectivity index (χ1v) is 22.4. The number of esters is 5. The average molecular weight is 893 g/mol. The zero-order valence-corrected chi connectivity index (χ0v) is 36.7. The lowest BCUT2D eigenvalue weighted by molar-refractivity contribution is -0.153. The number of hydrogen-bond acceptors (Lipinski definition) is 13. The Kier molecular flexibility index (Phi) is 16.0. The van der Waals surface area contributed by atoms with E-state index in [1.54, 1.807) is 42.6 Å². The Morgan fingerprint density at radius 3 is 1.58 bits per heavy atom. The Labute approximate surface area is 383 Å². The molecule has 7 rings (SSSR count). The lowest BCUT2D eigenvalue weighted by Crippen LogP contribution is -2.30. The molecule has 340 valence electrons. The molecule has 5 aromatic rings. The molecular weight excluding hydrogens is 841 g/mol. The van der Waals surface area contributed by atoms with Gasteiger partial charge in [0.15, 0.2) is 17.3 Å². The molecule has 0 N–H and O–H groups in total. The number of fused-ring (bicyclic) bond motifs is 1. The van der Waals surface area contributed by atoms with E-state index in [0.29, 0.717) is 82.1 Å². The van der Waals surface area contributed by atoms with Crippen LogP contribution in [0.15, 0.2) is 123 Å². The molecule has 2 fully saturated rings. The molecule has 0 unspecified atom stereocenters. The smallest absolute Gasteiger partial charge is 0.335 e. The summed E-state index contributed by atoms with van der Waals surface area (Å²) in [6.45, 7) is 6.89. The van der Waals surface area contributed by atoms with Crippen molar-refractivity contribution >= 4 is 46.7 Å². The fourth-order valence-electron chi connectivity index (χ4n) is 8.14. The SMILES string of the molecule is C=CC(=O)Cc1ccc(CCC(=O)OC2CCC(C(=O)Oc3ccc(OC(=O)C4CCC(OC(=O)CCc5ccc(OC(=O)C=C)cc5)CC4)c4nc(-c5ccccc5)cnc34)CC2)cc1. The quantitative estimate of drug-likeness (QED) is 0.0464. The molecule has 2 aliphatic carbocycles. The largest absolute Gasteiger partial charge is 0.462 e. The first-order valence-electron chi connectivity index (χ1n) is 22.4. The molecule has 0 saturated heterocycles. The van der Waals surface area contributed by atoms with Gasteiger partial charge in [0.05, 0.1) is 23.7 Å². The van der Waals surface area contributed by atoms with Crippen LogP contribution in [0.25, 0.3) is 22.3 Å². The number of allylic oxidation sites excluding steroid dienone is 1. The highest BCUT2D eigenvalue weighted by atomic mass is 16.6. The number of hydrogen-bond donors (Lipinski definition) is 0. The minimum Gasteiger partial charge on any atom is -0.462 e. The van der Waals surface area contributed by atoms with E-state index in [0.717, 1.165) is 28.3 Å². The van der Waals surface area contributed by atoms with Crippen molar-refractivity contribution in [3.05, 3.63) is 139 Å². The maximum atomic E-state index is 13.6. The molecule has 0 bridgehead atoms. The Morgan fingerprint density at radius 1 is 0.561 bits per heavy atom. The number of aryl methyl sites for hydroxylation is 2. The van der Waals surface area contributed by atoms with Gasteiger partial charge in [0.25, 0.3) is 0 Å². The predicted molar refractivity (Wildman–Crippen MR) is 244 cm³/mol. The lowest BCUT2D eigenvalue weighted by atomic mass is 9.87. The van der Waals surface area contributed by atoms with Crippen LogP contribution in [0.5, 0.6) is 17.2 Å². The third-order valence-corrected chi connectivity index (χ3v) is 11.9. The Balaban J connectivity index is 0.908. The van der Waals surface area contributed by atoms with Gasteiger partial charge in [-0.05, 0) is 111 Å². The van der Waals surface area contributed by atoms with Crippen molar-refractivity contribution in [2.24, 2.45) is 11.8 Å². The number of rotatable bonds is 18. The second kappa shape index (κ2) is 22.6. The standard InChI is InChI=1S/C53H52N2O11/c1-3-40(56)32-36-12-10-34(11-13-36)16-30-48(58)63-42-24-18-38(19-25-42)52(60)65-45-28-29-46(51-50(45)54-33-44(55-51)37-8-6-5-7-9-37)66-53(61)39-20-26-43(27-21-39)64-49(59)31-17-35-14-22-41(23-15-35)62-47(57)4-2/h3-15,22-23,28-29,33,38-39,42-43H,1-2,16-21,24-27,30-32H2. The van der Waals surface area contributed by atoms with E-state index in [1.807, 2.05) is 54.6 Å². The van der Waals surface area contributed by atoms with E-state index in [4.69, 9.17) is 28.7 Å². The summed E-state index contributed by atoms with van der Waals surface area (Å²) in [6.07, 6.45) is 8.96. The Bertz CT molecular complexity index is 2560. The van der Waals surface area contributed by atoms with Crippen LogP contribution in [0.1, 0.15) is 80.9 Å². The summed E-state index contributed by atoms with van der Waals surface area (Å²) in [5.74, 6) is -2.20. The van der Waals surface area contributed by atoms with E-state index in [2.05, 4.69) is 18.1 Å². The van der Waals surface area contributed by atoms with Crippen molar-refractivity contribution in [1.29, 1.82) is 0 Å². The molecule has 66 heavy (non-hydrogen) atoms. The van der Waals surface area contributed by atoms with Crippen molar-refractivity contribution in [3.8, 4) is 28.5 Å². The third kappa shape index (κ3) is 12.9. The van der Waals surface area contributed by atoms with E-state index in [9.17, 15) is 28.8 Å². The highest BCUT2D eigenvalue weighted by molar-refractivity contribution is 5.92. The number of carbonyl (C=O) groups excluding carboxylic acids is 6. The highest BCUT2D eigenvalue weighted by Gasteiger charge is 2.32. The van der Waals surface area contributed by atoms with E-state index in [-0.39, 0.29) is 65.3 Å². The first-order chi connectivity index (χ1) is 32.0. The number of carbonyl (C=O) groups is 6. The molecule has 0 aliphatic heterocycles. The molecular formula is C53H52N2O11. The van der Waals surface area contributed by atoms with Gasteiger partial charge in [-0.15, -0.1) is 0 Å². The maximum absolute atomic E-state index is 13.6. The van der Waals surface area contributed by atoms with Crippen LogP contribution in [0.4, 0.5) is 0 Å². The number of ketones is 1. The van der Waals surface area contributed by atoms with Gasteiger partial charge >= 0.3 is 29.8 Å². The summed E-state index contributed by atoms with van der Waals surface area (Å²) in [7, 11) is 0. The van der Waals surface area contributed by atoms with Crippen LogP contribution >= 0.6 is 0 Å². The second-order valence-corrected chi connectivity index (χ2v) is 16.6. The normalized spacial score (nSPS) is 18.0. The molecule has 0 radical (unpaired) electrons. The van der Waals surface area contributed by atoms with Crippen LogP contribution in [0.2, 0.25) is 0 Å². The van der Waals surface area contributed by atoms with Gasteiger partial charge in [0, 0.05) is 30.9 Å². The summed E-state index contributed by atoms with van der Waals surface area (Å²) >= 11 is 0. The third-order valence-electron chi connectivity index (χ3n) is 11.9. The van der Waals surface area contributed by atoms with Gasteiger partial charge < -0.3 is 23.7 Å². The predicted octanol–water partition coefficient (Wildman–Crippen LogP) is 8.97. The lowest BCUT2D eigenvalue weighted by Gasteiger charge is -2.27. The maximum Gasteiger partial charge on any atom is 0.335 e. The minimum atomic E-state index is -0.549. The molecule has 4 aromatic carbocycles. The molecule has 0 spiro atoms. The van der Waals surface area contributed by atoms with E-state index < -0.39 is 29.7 Å². The van der Waals surface area contributed by atoms with Crippen molar-refractivity contribution in [2.75, 3.05) is 0 Å². The number of aromatic nitrogens is 2. The van der Waals surface area contributed by atoms with Crippen molar-refractivity contribution in [3.63, 3.8) is 0 Å². The van der Waals surface area contributed by atoms with Crippen molar-refractivity contribution < 1.29 is 52.5 Å². The number of ether oxygens (including phenoxy) is 5. The Morgan fingerprint density at radius 2 is 1.06 bits per heavy atom. The molecule has 13 nitrogen and oxygen atoms in total. The van der Waals surface area contributed by atoms with Gasteiger partial charge in [-0.25, -0.2) is 14.8 Å². The zero-order valence-electron chi connectivity index (χ0n) is 36.7. The van der Waals surface area contributed by atoms with E-state index in [1.165, 1.54) is 6.08 Å². The monoisotopic (exact) mass is 892 g/mol. The van der Waals surface area contributed by atoms with Crippen LogP contribution < -0.4 is 14.2 Å². The second-order valence-electron chi connectivity index (χ2n) is 16.6. The molecule has 2 aliphatic rings. The first kappa shape index (κ1) is 46.7. The van der Waals surface area contributed by atoms with Crippen LogP contribution in [-0.2, 0) is 57.5 Å².